The summed E-state index contributed by atoms with van der Waals surface area (Å²) in [7, 11) is 0. The number of nitro groups is 1. The molecule has 0 radical (unpaired) electrons. The standard InChI is InChI=1S/C11H12FN3O3/c12-8-1-2-10(15(17)18)9(3-8)11(16)14-6-7-4-13-5-7/h1-3,7,13H,4-6H2,(H,14,16). The van der Waals surface area contributed by atoms with Gasteiger partial charge in [0, 0.05) is 31.6 Å². The largest absolute Gasteiger partial charge is 0.351 e. The number of nitrogens with zero attached hydrogens (tertiary/aromatic N) is 1. The number of nitrogens with one attached hydrogen (secondary N) is 2. The molecule has 1 fully saturated rings. The first-order valence-electron chi connectivity index (χ1n) is 5.51. The Bertz CT molecular complexity index is 488. The van der Waals surface area contributed by atoms with Crippen LogP contribution in [0.1, 0.15) is 10.4 Å². The lowest BCUT2D eigenvalue weighted by Crippen LogP contribution is -2.48. The van der Waals surface area contributed by atoms with Gasteiger partial charge < -0.3 is 10.6 Å². The number of halogens is 1. The maximum Gasteiger partial charge on any atom is 0.282 e. The van der Waals surface area contributed by atoms with Gasteiger partial charge in [0.05, 0.1) is 4.92 Å². The Hall–Kier alpha value is -2.02. The Morgan fingerprint density at radius 1 is 1.56 bits per heavy atom. The van der Waals surface area contributed by atoms with E-state index in [0.717, 1.165) is 31.3 Å². The molecule has 0 aromatic heterocycles. The molecule has 2 N–H and O–H groups in total. The van der Waals surface area contributed by atoms with E-state index >= 15 is 0 Å². The number of hydrogen-bond acceptors (Lipinski definition) is 4. The molecule has 0 bridgehead atoms. The summed E-state index contributed by atoms with van der Waals surface area (Å²) >= 11 is 0. The Kier molecular flexibility index (Phi) is 3.52. The second-order valence-electron chi connectivity index (χ2n) is 4.15. The monoisotopic (exact) mass is 253 g/mol. The molecule has 7 heteroatoms. The van der Waals surface area contributed by atoms with Crippen molar-refractivity contribution in [2.24, 2.45) is 5.92 Å². The average molecular weight is 253 g/mol. The van der Waals surface area contributed by atoms with Crippen LogP contribution < -0.4 is 10.6 Å². The van der Waals surface area contributed by atoms with Crippen LogP contribution >= 0.6 is 0 Å². The van der Waals surface area contributed by atoms with Crippen molar-refractivity contribution in [3.63, 3.8) is 0 Å². The fourth-order valence-electron chi connectivity index (χ4n) is 1.67. The summed E-state index contributed by atoms with van der Waals surface area (Å²) in [6.07, 6.45) is 0. The molecule has 1 amide bonds. The molecule has 96 valence electrons. The number of carbonyl (C=O) groups excluding carboxylic acids is 1. The number of amides is 1. The summed E-state index contributed by atoms with van der Waals surface area (Å²) in [6, 6.07) is 2.84. The predicted molar refractivity (Wildman–Crippen MR) is 61.7 cm³/mol. The van der Waals surface area contributed by atoms with Gasteiger partial charge in [-0.2, -0.15) is 0 Å². The molecule has 2 rings (SSSR count). The lowest BCUT2D eigenvalue weighted by atomic mass is 10.0. The minimum absolute atomic E-state index is 0.243. The molecule has 18 heavy (non-hydrogen) atoms. The van der Waals surface area contributed by atoms with E-state index in [4.69, 9.17) is 0 Å². The minimum atomic E-state index is -0.695. The highest BCUT2D eigenvalue weighted by molar-refractivity contribution is 5.98. The maximum absolute atomic E-state index is 13.0. The number of rotatable bonds is 4. The zero-order valence-corrected chi connectivity index (χ0v) is 9.48. The van der Waals surface area contributed by atoms with E-state index in [1.54, 1.807) is 0 Å². The van der Waals surface area contributed by atoms with Gasteiger partial charge >= 0.3 is 0 Å². The van der Waals surface area contributed by atoms with E-state index in [-0.39, 0.29) is 11.3 Å². The zero-order chi connectivity index (χ0) is 13.1. The molecular formula is C11H12FN3O3. The normalized spacial score (nSPS) is 14.9. The molecule has 0 atom stereocenters. The number of hydrogen-bond donors (Lipinski definition) is 2. The van der Waals surface area contributed by atoms with Gasteiger partial charge in [-0.15, -0.1) is 0 Å². The summed E-state index contributed by atoms with van der Waals surface area (Å²) in [5.41, 5.74) is -0.632. The van der Waals surface area contributed by atoms with Gasteiger partial charge in [0.2, 0.25) is 0 Å². The van der Waals surface area contributed by atoms with Crippen LogP contribution in [0.5, 0.6) is 0 Å². The first-order chi connectivity index (χ1) is 8.58. The highest BCUT2D eigenvalue weighted by Crippen LogP contribution is 2.19. The molecule has 0 aliphatic carbocycles. The first-order valence-corrected chi connectivity index (χ1v) is 5.51. The van der Waals surface area contributed by atoms with Gasteiger partial charge in [-0.3, -0.25) is 14.9 Å². The molecular weight excluding hydrogens is 241 g/mol. The third-order valence-electron chi connectivity index (χ3n) is 2.82. The third-order valence-corrected chi connectivity index (χ3v) is 2.82. The summed E-state index contributed by atoms with van der Waals surface area (Å²) in [4.78, 5) is 21.8. The number of benzene rings is 1. The van der Waals surface area contributed by atoms with Crippen molar-refractivity contribution in [2.45, 2.75) is 0 Å². The van der Waals surface area contributed by atoms with Crippen molar-refractivity contribution in [2.75, 3.05) is 19.6 Å². The molecule has 0 unspecified atom stereocenters. The molecule has 1 saturated heterocycles. The van der Waals surface area contributed by atoms with E-state index < -0.39 is 16.6 Å². The van der Waals surface area contributed by atoms with Gasteiger partial charge in [-0.25, -0.2) is 4.39 Å². The van der Waals surface area contributed by atoms with Crippen molar-refractivity contribution in [3.8, 4) is 0 Å². The summed E-state index contributed by atoms with van der Waals surface area (Å²) in [5, 5.41) is 16.4. The second-order valence-corrected chi connectivity index (χ2v) is 4.15. The van der Waals surface area contributed by atoms with Crippen LogP contribution in [-0.4, -0.2) is 30.5 Å². The highest BCUT2D eigenvalue weighted by Gasteiger charge is 2.23. The molecule has 0 saturated carbocycles. The fraction of sp³-hybridized carbons (Fsp3) is 0.364. The van der Waals surface area contributed by atoms with Gasteiger partial charge in [-0.1, -0.05) is 0 Å². The SMILES string of the molecule is O=C(NCC1CNC1)c1cc(F)ccc1[N+](=O)[O-]. The molecule has 0 spiro atoms. The van der Waals surface area contributed by atoms with Gasteiger partial charge in [-0.05, 0) is 12.1 Å². The predicted octanol–water partition coefficient (Wildman–Crippen LogP) is 0.683. The molecule has 6 nitrogen and oxygen atoms in total. The van der Waals surface area contributed by atoms with E-state index in [9.17, 15) is 19.3 Å². The van der Waals surface area contributed by atoms with E-state index in [1.165, 1.54) is 0 Å². The van der Waals surface area contributed by atoms with Crippen molar-refractivity contribution in [1.82, 2.24) is 10.6 Å². The lowest BCUT2D eigenvalue weighted by molar-refractivity contribution is -0.385. The van der Waals surface area contributed by atoms with Crippen molar-refractivity contribution >= 4 is 11.6 Å². The van der Waals surface area contributed by atoms with E-state index in [0.29, 0.717) is 12.5 Å². The van der Waals surface area contributed by atoms with E-state index in [1.807, 2.05) is 0 Å². The van der Waals surface area contributed by atoms with Crippen LogP contribution in [0.25, 0.3) is 0 Å². The smallest absolute Gasteiger partial charge is 0.282 e. The van der Waals surface area contributed by atoms with Crippen molar-refractivity contribution in [1.29, 1.82) is 0 Å². The van der Waals surface area contributed by atoms with Crippen LogP contribution in [-0.2, 0) is 0 Å². The number of nitro benzene ring substituents is 1. The lowest BCUT2D eigenvalue weighted by Gasteiger charge is -2.27. The molecule has 1 aromatic rings. The van der Waals surface area contributed by atoms with Crippen LogP contribution in [0.4, 0.5) is 10.1 Å². The molecule has 1 heterocycles. The fourth-order valence-corrected chi connectivity index (χ4v) is 1.67. The van der Waals surface area contributed by atoms with Crippen LogP contribution in [0.15, 0.2) is 18.2 Å². The van der Waals surface area contributed by atoms with Crippen molar-refractivity contribution < 1.29 is 14.1 Å². The average Bonchev–Trinajstić information content (AvgIpc) is 2.26. The Morgan fingerprint density at radius 3 is 2.83 bits per heavy atom. The highest BCUT2D eigenvalue weighted by atomic mass is 19.1. The number of carbonyl (C=O) groups is 1. The molecule has 1 aliphatic rings. The molecule has 1 aromatic carbocycles. The summed E-state index contributed by atoms with van der Waals surface area (Å²) in [5.74, 6) is -0.953. The van der Waals surface area contributed by atoms with Crippen LogP contribution in [0.2, 0.25) is 0 Å². The first kappa shape index (κ1) is 12.4. The summed E-state index contributed by atoms with van der Waals surface area (Å²) < 4.78 is 13.0. The van der Waals surface area contributed by atoms with Gasteiger partial charge in [0.25, 0.3) is 11.6 Å². The van der Waals surface area contributed by atoms with Crippen LogP contribution in [0.3, 0.4) is 0 Å². The Labute approximate surface area is 102 Å². The molecule has 1 aliphatic heterocycles. The zero-order valence-electron chi connectivity index (χ0n) is 9.48. The quantitative estimate of drug-likeness (QED) is 0.610. The van der Waals surface area contributed by atoms with Crippen molar-refractivity contribution in [3.05, 3.63) is 39.7 Å². The third kappa shape index (κ3) is 2.62. The van der Waals surface area contributed by atoms with E-state index in [2.05, 4.69) is 10.6 Å². The second kappa shape index (κ2) is 5.09. The van der Waals surface area contributed by atoms with Gasteiger partial charge in [0.15, 0.2) is 0 Å². The van der Waals surface area contributed by atoms with Gasteiger partial charge in [0.1, 0.15) is 11.4 Å². The Balaban J connectivity index is 2.11. The van der Waals surface area contributed by atoms with Crippen LogP contribution in [0, 0.1) is 21.8 Å². The summed E-state index contributed by atoms with van der Waals surface area (Å²) in [6.45, 7) is 2.05. The Morgan fingerprint density at radius 2 is 2.28 bits per heavy atom. The maximum atomic E-state index is 13.0. The topological polar surface area (TPSA) is 84.3 Å². The minimum Gasteiger partial charge on any atom is -0.351 e.